The number of hydrogen-bond acceptors (Lipinski definition) is 4. The zero-order valence-corrected chi connectivity index (χ0v) is 9.58. The summed E-state index contributed by atoms with van der Waals surface area (Å²) in [6.07, 6.45) is 1.62. The van der Waals surface area contributed by atoms with Crippen LogP contribution < -0.4 is 0 Å². The van der Waals surface area contributed by atoms with E-state index in [4.69, 9.17) is 9.26 Å². The van der Waals surface area contributed by atoms with Crippen molar-refractivity contribution in [2.45, 2.75) is 13.5 Å². The van der Waals surface area contributed by atoms with Crippen LogP contribution in [0.3, 0.4) is 0 Å². The van der Waals surface area contributed by atoms with E-state index < -0.39 is 0 Å². The highest BCUT2D eigenvalue weighted by atomic mass is 79.9. The number of ether oxygens (including phenoxy) is 1. The quantitative estimate of drug-likeness (QED) is 0.787. The minimum absolute atomic E-state index is 0.259. The smallest absolute Gasteiger partial charge is 0.302 e. The van der Waals surface area contributed by atoms with Crippen molar-refractivity contribution in [2.75, 3.05) is 0 Å². The van der Waals surface area contributed by atoms with Gasteiger partial charge in [-0.05, 0) is 33.6 Å². The number of benzene rings is 1. The first kappa shape index (κ1) is 10.2. The van der Waals surface area contributed by atoms with Gasteiger partial charge in [-0.15, -0.1) is 0 Å². The van der Waals surface area contributed by atoms with Crippen molar-refractivity contribution in [3.63, 3.8) is 0 Å². The van der Waals surface area contributed by atoms with Gasteiger partial charge in [0, 0.05) is 12.3 Å². The maximum atomic E-state index is 10.7. The molecule has 0 aliphatic heterocycles. The Kier molecular flexibility index (Phi) is 2.73. The number of hydrogen-bond donors (Lipinski definition) is 0. The molecule has 78 valence electrons. The molecule has 0 N–H and O–H groups in total. The van der Waals surface area contributed by atoms with Crippen molar-refractivity contribution >= 4 is 32.9 Å². The van der Waals surface area contributed by atoms with E-state index in [1.54, 1.807) is 6.20 Å². The molecule has 0 spiro atoms. The molecule has 5 heteroatoms. The second-order valence-electron chi connectivity index (χ2n) is 3.10. The molecule has 1 aromatic carbocycles. The van der Waals surface area contributed by atoms with E-state index in [0.29, 0.717) is 5.58 Å². The topological polar surface area (TPSA) is 52.3 Å². The van der Waals surface area contributed by atoms with E-state index in [0.717, 1.165) is 15.4 Å². The third kappa shape index (κ3) is 2.18. The first-order valence-corrected chi connectivity index (χ1v) is 5.12. The van der Waals surface area contributed by atoms with Gasteiger partial charge in [-0.2, -0.15) is 0 Å². The molecule has 0 saturated heterocycles. The second-order valence-corrected chi connectivity index (χ2v) is 3.96. The van der Waals surface area contributed by atoms with E-state index in [-0.39, 0.29) is 12.6 Å². The van der Waals surface area contributed by atoms with Crippen LogP contribution in [0.4, 0.5) is 0 Å². The van der Waals surface area contributed by atoms with Crippen LogP contribution in [0, 0.1) is 0 Å². The highest BCUT2D eigenvalue weighted by molar-refractivity contribution is 9.10. The summed E-state index contributed by atoms with van der Waals surface area (Å²) in [5.41, 5.74) is 1.59. The zero-order chi connectivity index (χ0) is 10.8. The van der Waals surface area contributed by atoms with Crippen molar-refractivity contribution in [3.05, 3.63) is 28.4 Å². The van der Waals surface area contributed by atoms with Crippen LogP contribution in [-0.2, 0) is 16.1 Å². The van der Waals surface area contributed by atoms with Crippen LogP contribution in [0.25, 0.3) is 11.0 Å². The summed E-state index contributed by atoms with van der Waals surface area (Å²) in [5.74, 6) is -0.295. The van der Waals surface area contributed by atoms with Crippen LogP contribution in [0.5, 0.6) is 0 Å². The summed E-state index contributed by atoms with van der Waals surface area (Å²) in [5, 5.41) is 4.57. The summed E-state index contributed by atoms with van der Waals surface area (Å²) < 4.78 is 10.7. The Morgan fingerprint density at radius 2 is 2.40 bits per heavy atom. The normalized spacial score (nSPS) is 10.5. The van der Waals surface area contributed by atoms with Crippen molar-refractivity contribution in [2.24, 2.45) is 0 Å². The number of esters is 1. The lowest BCUT2D eigenvalue weighted by molar-refractivity contribution is -0.142. The minimum atomic E-state index is -0.295. The molecule has 0 saturated carbocycles. The first-order valence-electron chi connectivity index (χ1n) is 4.33. The number of rotatable bonds is 2. The Morgan fingerprint density at radius 1 is 1.60 bits per heavy atom. The molecular weight excluding hydrogens is 262 g/mol. The lowest BCUT2D eigenvalue weighted by Crippen LogP contribution is -1.98. The average molecular weight is 270 g/mol. The van der Waals surface area contributed by atoms with Crippen molar-refractivity contribution in [1.82, 2.24) is 5.16 Å². The van der Waals surface area contributed by atoms with Gasteiger partial charge in [0.25, 0.3) is 0 Å². The first-order chi connectivity index (χ1) is 7.16. The monoisotopic (exact) mass is 269 g/mol. The molecule has 1 heterocycles. The molecule has 2 rings (SSSR count). The van der Waals surface area contributed by atoms with E-state index in [2.05, 4.69) is 21.1 Å². The second kappa shape index (κ2) is 4.02. The average Bonchev–Trinajstić information content (AvgIpc) is 2.63. The molecule has 4 nitrogen and oxygen atoms in total. The lowest BCUT2D eigenvalue weighted by Gasteiger charge is -2.02. The third-order valence-electron chi connectivity index (χ3n) is 1.91. The van der Waals surface area contributed by atoms with Gasteiger partial charge in [0.15, 0.2) is 5.58 Å². The number of halogens is 1. The number of aromatic nitrogens is 1. The van der Waals surface area contributed by atoms with Crippen LogP contribution >= 0.6 is 15.9 Å². The van der Waals surface area contributed by atoms with Gasteiger partial charge in [0.2, 0.25) is 0 Å². The number of fused-ring (bicyclic) bond motifs is 1. The molecule has 0 aliphatic carbocycles. The predicted octanol–water partition coefficient (Wildman–Crippen LogP) is 2.65. The molecule has 0 amide bonds. The van der Waals surface area contributed by atoms with Gasteiger partial charge in [-0.25, -0.2) is 0 Å². The van der Waals surface area contributed by atoms with Crippen LogP contribution in [-0.4, -0.2) is 11.1 Å². The van der Waals surface area contributed by atoms with Gasteiger partial charge in [-0.1, -0.05) is 5.16 Å². The van der Waals surface area contributed by atoms with Crippen LogP contribution in [0.15, 0.2) is 27.3 Å². The maximum Gasteiger partial charge on any atom is 0.302 e. The molecule has 0 unspecified atom stereocenters. The molecule has 0 atom stereocenters. The molecular formula is C10H8BrNO3. The van der Waals surface area contributed by atoms with Crippen molar-refractivity contribution in [3.8, 4) is 0 Å². The Hall–Kier alpha value is -1.36. The fourth-order valence-electron chi connectivity index (χ4n) is 1.27. The summed E-state index contributed by atoms with van der Waals surface area (Å²) >= 11 is 3.36. The minimum Gasteiger partial charge on any atom is -0.461 e. The molecule has 0 aliphatic rings. The largest absolute Gasteiger partial charge is 0.461 e. The highest BCUT2D eigenvalue weighted by Gasteiger charge is 2.06. The number of carbonyl (C=O) groups is 1. The van der Waals surface area contributed by atoms with Gasteiger partial charge in [-0.3, -0.25) is 4.79 Å². The van der Waals surface area contributed by atoms with E-state index in [9.17, 15) is 4.79 Å². The van der Waals surface area contributed by atoms with Crippen LogP contribution in [0.2, 0.25) is 0 Å². The van der Waals surface area contributed by atoms with Crippen LogP contribution in [0.1, 0.15) is 12.5 Å². The van der Waals surface area contributed by atoms with Gasteiger partial charge >= 0.3 is 5.97 Å². The molecule has 0 bridgehead atoms. The third-order valence-corrected chi connectivity index (χ3v) is 2.50. The molecule has 0 radical (unpaired) electrons. The molecule has 0 fully saturated rings. The fourth-order valence-corrected chi connectivity index (χ4v) is 1.86. The Bertz CT molecular complexity index is 506. The zero-order valence-electron chi connectivity index (χ0n) is 7.99. The summed E-state index contributed by atoms with van der Waals surface area (Å²) in [6.45, 7) is 1.64. The van der Waals surface area contributed by atoms with Crippen molar-refractivity contribution in [1.29, 1.82) is 0 Å². The van der Waals surface area contributed by atoms with E-state index >= 15 is 0 Å². The standard InChI is InChI=1S/C10H8BrNO3/c1-6(13)14-5-7-2-8-4-12-15-10(8)9(11)3-7/h2-4H,5H2,1H3. The molecule has 1 aromatic heterocycles. The Balaban J connectivity index is 2.32. The van der Waals surface area contributed by atoms with Gasteiger partial charge < -0.3 is 9.26 Å². The number of carbonyl (C=O) groups excluding carboxylic acids is 1. The van der Waals surface area contributed by atoms with E-state index in [1.807, 2.05) is 12.1 Å². The Morgan fingerprint density at radius 3 is 3.13 bits per heavy atom. The van der Waals surface area contributed by atoms with Gasteiger partial charge in [0.1, 0.15) is 6.61 Å². The van der Waals surface area contributed by atoms with Gasteiger partial charge in [0.05, 0.1) is 10.7 Å². The molecule has 15 heavy (non-hydrogen) atoms. The lowest BCUT2D eigenvalue weighted by atomic mass is 10.2. The summed E-state index contributed by atoms with van der Waals surface area (Å²) in [7, 11) is 0. The fraction of sp³-hybridized carbons (Fsp3) is 0.200. The summed E-state index contributed by atoms with van der Waals surface area (Å²) in [6, 6.07) is 3.72. The summed E-state index contributed by atoms with van der Waals surface area (Å²) in [4.78, 5) is 10.7. The number of nitrogens with zero attached hydrogens (tertiary/aromatic N) is 1. The maximum absolute atomic E-state index is 10.7. The SMILES string of the molecule is CC(=O)OCc1cc(Br)c2oncc2c1. The predicted molar refractivity (Wildman–Crippen MR) is 57.2 cm³/mol. The van der Waals surface area contributed by atoms with E-state index in [1.165, 1.54) is 6.92 Å². The Labute approximate surface area is 94.3 Å². The molecule has 2 aromatic rings. The highest BCUT2D eigenvalue weighted by Crippen LogP contribution is 2.25. The van der Waals surface area contributed by atoms with Crippen molar-refractivity contribution < 1.29 is 14.1 Å².